The third-order valence-corrected chi connectivity index (χ3v) is 5.62. The van der Waals surface area contributed by atoms with Crippen LogP contribution < -0.4 is 10.2 Å². The topological polar surface area (TPSA) is 110 Å². The molecule has 6 rings (SSSR count). The highest BCUT2D eigenvalue weighted by atomic mass is 19.2. The number of aromatic nitrogens is 7. The zero-order valence-electron chi connectivity index (χ0n) is 17.9. The van der Waals surface area contributed by atoms with Gasteiger partial charge in [0.1, 0.15) is 17.7 Å². The Kier molecular flexibility index (Phi) is 4.99. The molecule has 0 saturated carbocycles. The summed E-state index contributed by atoms with van der Waals surface area (Å²) in [6, 6.07) is 6.29. The molecule has 1 aliphatic heterocycles. The Morgan fingerprint density at radius 3 is 2.76 bits per heavy atom. The number of rotatable bonds is 5. The van der Waals surface area contributed by atoms with Crippen LogP contribution >= 0.6 is 0 Å². The highest BCUT2D eigenvalue weighted by Gasteiger charge is 2.20. The van der Waals surface area contributed by atoms with Crippen LogP contribution in [0.4, 0.5) is 20.5 Å². The van der Waals surface area contributed by atoms with Crippen molar-refractivity contribution in [2.45, 2.75) is 6.54 Å². The average Bonchev–Trinajstić information content (AvgIpc) is 3.50. The molecule has 5 aromatic rings. The summed E-state index contributed by atoms with van der Waals surface area (Å²) in [5.74, 6) is -0.435. The van der Waals surface area contributed by atoms with Gasteiger partial charge in [0.15, 0.2) is 28.6 Å². The van der Waals surface area contributed by atoms with E-state index in [2.05, 4.69) is 25.3 Å². The fourth-order valence-electron chi connectivity index (χ4n) is 3.92. The second-order valence-electron chi connectivity index (χ2n) is 7.76. The number of morpholine rings is 1. The molecule has 0 bridgehead atoms. The summed E-state index contributed by atoms with van der Waals surface area (Å²) in [6.07, 6.45) is 5.10. The molecule has 172 valence electrons. The number of imidazole rings is 2. The van der Waals surface area contributed by atoms with Gasteiger partial charge in [-0.3, -0.25) is 9.55 Å². The van der Waals surface area contributed by atoms with Gasteiger partial charge in [-0.2, -0.15) is 9.97 Å². The SMILES string of the molecule is Fc1ccc2[nH]c(CNc3nc(N4CCOCC4)nc4c3ncn4-c3cccnc3)nc2c1F. The molecule has 34 heavy (non-hydrogen) atoms. The molecule has 0 spiro atoms. The Morgan fingerprint density at radius 2 is 1.94 bits per heavy atom. The number of benzene rings is 1. The van der Waals surface area contributed by atoms with Crippen LogP contribution in [0.15, 0.2) is 43.0 Å². The lowest BCUT2D eigenvalue weighted by atomic mass is 10.3. The zero-order valence-corrected chi connectivity index (χ0v) is 17.9. The summed E-state index contributed by atoms with van der Waals surface area (Å²) >= 11 is 0. The molecule has 0 amide bonds. The summed E-state index contributed by atoms with van der Waals surface area (Å²) in [4.78, 5) is 27.5. The molecular formula is C22H19F2N9O. The van der Waals surface area contributed by atoms with E-state index in [1.165, 1.54) is 6.07 Å². The molecule has 0 unspecified atom stereocenters. The lowest BCUT2D eigenvalue weighted by Gasteiger charge is -2.27. The maximum atomic E-state index is 14.1. The predicted molar refractivity (Wildman–Crippen MR) is 121 cm³/mol. The first kappa shape index (κ1) is 20.4. The molecule has 2 N–H and O–H groups in total. The Labute approximate surface area is 191 Å². The average molecular weight is 463 g/mol. The van der Waals surface area contributed by atoms with Gasteiger partial charge in [0.2, 0.25) is 5.95 Å². The molecule has 1 fully saturated rings. The minimum Gasteiger partial charge on any atom is -0.378 e. The lowest BCUT2D eigenvalue weighted by Crippen LogP contribution is -2.37. The van der Waals surface area contributed by atoms with Crippen molar-refractivity contribution in [1.29, 1.82) is 0 Å². The zero-order chi connectivity index (χ0) is 23.1. The van der Waals surface area contributed by atoms with Crippen molar-refractivity contribution in [3.8, 4) is 5.69 Å². The van der Waals surface area contributed by atoms with Gasteiger partial charge >= 0.3 is 0 Å². The van der Waals surface area contributed by atoms with E-state index < -0.39 is 11.6 Å². The number of hydrogen-bond donors (Lipinski definition) is 2. The first-order chi connectivity index (χ1) is 16.7. The van der Waals surface area contributed by atoms with Gasteiger partial charge in [-0.05, 0) is 24.3 Å². The van der Waals surface area contributed by atoms with Gasteiger partial charge in [-0.1, -0.05) is 0 Å². The Hall–Kier alpha value is -4.19. The van der Waals surface area contributed by atoms with Crippen molar-refractivity contribution in [1.82, 2.24) is 34.5 Å². The fourth-order valence-corrected chi connectivity index (χ4v) is 3.92. The summed E-state index contributed by atoms with van der Waals surface area (Å²) in [5.41, 5.74) is 2.37. The third kappa shape index (κ3) is 3.57. The van der Waals surface area contributed by atoms with E-state index in [1.807, 2.05) is 21.6 Å². The molecule has 5 heterocycles. The van der Waals surface area contributed by atoms with Crippen molar-refractivity contribution < 1.29 is 13.5 Å². The predicted octanol–water partition coefficient (Wildman–Crippen LogP) is 2.81. The molecule has 10 nitrogen and oxygen atoms in total. The quantitative estimate of drug-likeness (QED) is 0.410. The van der Waals surface area contributed by atoms with Crippen molar-refractivity contribution in [2.24, 2.45) is 0 Å². The number of H-pyrrole nitrogens is 1. The van der Waals surface area contributed by atoms with Crippen LogP contribution in [0, 0.1) is 11.6 Å². The van der Waals surface area contributed by atoms with Crippen LogP contribution in [0.1, 0.15) is 5.82 Å². The third-order valence-electron chi connectivity index (χ3n) is 5.62. The van der Waals surface area contributed by atoms with E-state index in [9.17, 15) is 8.78 Å². The van der Waals surface area contributed by atoms with E-state index in [0.717, 1.165) is 11.8 Å². The van der Waals surface area contributed by atoms with E-state index in [4.69, 9.17) is 14.7 Å². The molecule has 1 saturated heterocycles. The monoisotopic (exact) mass is 463 g/mol. The van der Waals surface area contributed by atoms with E-state index in [0.29, 0.717) is 60.6 Å². The molecule has 1 aliphatic rings. The number of ether oxygens (including phenoxy) is 1. The van der Waals surface area contributed by atoms with Crippen LogP contribution in [0.2, 0.25) is 0 Å². The first-order valence-corrected chi connectivity index (χ1v) is 10.7. The maximum Gasteiger partial charge on any atom is 0.229 e. The number of halogens is 2. The van der Waals surface area contributed by atoms with Gasteiger partial charge in [-0.25, -0.2) is 18.7 Å². The van der Waals surface area contributed by atoms with Gasteiger partial charge in [0.05, 0.1) is 37.2 Å². The van der Waals surface area contributed by atoms with Crippen LogP contribution in [0.3, 0.4) is 0 Å². The Morgan fingerprint density at radius 1 is 1.06 bits per heavy atom. The van der Waals surface area contributed by atoms with Gasteiger partial charge < -0.3 is 19.9 Å². The Balaban J connectivity index is 1.39. The van der Waals surface area contributed by atoms with E-state index in [-0.39, 0.29) is 12.1 Å². The van der Waals surface area contributed by atoms with Crippen LogP contribution in [0.25, 0.3) is 27.9 Å². The summed E-state index contributed by atoms with van der Waals surface area (Å²) < 4.78 is 34.9. The van der Waals surface area contributed by atoms with Crippen molar-refractivity contribution >= 4 is 34.0 Å². The van der Waals surface area contributed by atoms with Crippen LogP contribution in [-0.4, -0.2) is 60.8 Å². The van der Waals surface area contributed by atoms with Gasteiger partial charge in [0, 0.05) is 19.3 Å². The lowest BCUT2D eigenvalue weighted by molar-refractivity contribution is 0.122. The fraction of sp³-hybridized carbons (Fsp3) is 0.227. The summed E-state index contributed by atoms with van der Waals surface area (Å²) in [6.45, 7) is 2.71. The molecule has 1 aromatic carbocycles. The van der Waals surface area contributed by atoms with Crippen molar-refractivity contribution in [2.75, 3.05) is 36.5 Å². The number of fused-ring (bicyclic) bond motifs is 2. The second-order valence-corrected chi connectivity index (χ2v) is 7.76. The van der Waals surface area contributed by atoms with E-state index >= 15 is 0 Å². The minimum absolute atomic E-state index is 0.0421. The number of hydrogen-bond acceptors (Lipinski definition) is 8. The van der Waals surface area contributed by atoms with Crippen molar-refractivity contribution in [3.63, 3.8) is 0 Å². The molecule has 0 aliphatic carbocycles. The highest BCUT2D eigenvalue weighted by Crippen LogP contribution is 2.26. The minimum atomic E-state index is -0.978. The molecular weight excluding hydrogens is 444 g/mol. The highest BCUT2D eigenvalue weighted by molar-refractivity contribution is 5.85. The Bertz CT molecular complexity index is 1480. The maximum absolute atomic E-state index is 14.1. The molecule has 4 aromatic heterocycles. The normalized spacial score (nSPS) is 14.2. The van der Waals surface area contributed by atoms with Crippen LogP contribution in [-0.2, 0) is 11.3 Å². The molecule has 0 atom stereocenters. The second kappa shape index (κ2) is 8.30. The summed E-state index contributed by atoms with van der Waals surface area (Å²) in [5, 5.41) is 3.23. The van der Waals surface area contributed by atoms with Gasteiger partial charge in [-0.15, -0.1) is 0 Å². The van der Waals surface area contributed by atoms with E-state index in [1.54, 1.807) is 18.7 Å². The summed E-state index contributed by atoms with van der Waals surface area (Å²) in [7, 11) is 0. The van der Waals surface area contributed by atoms with Crippen LogP contribution in [0.5, 0.6) is 0 Å². The number of nitrogens with one attached hydrogen (secondary N) is 2. The smallest absolute Gasteiger partial charge is 0.229 e. The molecule has 12 heteroatoms. The number of pyridine rings is 1. The van der Waals surface area contributed by atoms with Crippen molar-refractivity contribution in [3.05, 3.63) is 60.4 Å². The number of anilines is 2. The standard InChI is InChI=1S/C22H19F2N9O/c23-14-3-4-15-18(17(14)24)29-16(28-15)11-26-20-19-21(31-22(30-20)32-6-8-34-9-7-32)33(12-27-19)13-2-1-5-25-10-13/h1-5,10,12H,6-9,11H2,(H,28,29)(H,26,30,31). The molecule has 0 radical (unpaired) electrons. The van der Waals surface area contributed by atoms with Gasteiger partial charge in [0.25, 0.3) is 0 Å². The first-order valence-electron chi connectivity index (χ1n) is 10.7. The number of aromatic amines is 1. The number of nitrogens with zero attached hydrogens (tertiary/aromatic N) is 7. The largest absolute Gasteiger partial charge is 0.378 e.